The van der Waals surface area contributed by atoms with Gasteiger partial charge in [-0.1, -0.05) is 12.1 Å². The monoisotopic (exact) mass is 192 g/mol. The van der Waals surface area contributed by atoms with Crippen molar-refractivity contribution in [1.29, 1.82) is 0 Å². The molecule has 74 valence electrons. The molecular weight excluding hydrogens is 180 g/mol. The molecule has 1 rings (SSSR count). The third-order valence-electron chi connectivity index (χ3n) is 1.59. The average molecular weight is 192 g/mol. The van der Waals surface area contributed by atoms with Crippen molar-refractivity contribution >= 4 is 17.9 Å². The van der Waals surface area contributed by atoms with Gasteiger partial charge in [-0.15, -0.1) is 0 Å². The van der Waals surface area contributed by atoms with Crippen LogP contribution in [0.2, 0.25) is 0 Å². The fourth-order valence-corrected chi connectivity index (χ4v) is 0.921. The van der Waals surface area contributed by atoms with Crippen LogP contribution in [-0.2, 0) is 9.53 Å². The average Bonchev–Trinajstić information content (AvgIpc) is 2.17. The number of hydrogen-bond donors (Lipinski definition) is 1. The van der Waals surface area contributed by atoms with Crippen molar-refractivity contribution in [2.45, 2.75) is 6.42 Å². The molecule has 0 saturated heterocycles. The van der Waals surface area contributed by atoms with Gasteiger partial charge in [-0.2, -0.15) is 0 Å². The van der Waals surface area contributed by atoms with Crippen LogP contribution in [0.15, 0.2) is 24.3 Å². The van der Waals surface area contributed by atoms with E-state index in [2.05, 4.69) is 9.72 Å². The number of ether oxygens (including phenoxy) is 1. The molecule has 0 fully saturated rings. The number of rotatable bonds is 3. The molecule has 0 aromatic carbocycles. The Hall–Kier alpha value is -1.84. The summed E-state index contributed by atoms with van der Waals surface area (Å²) in [7, 11) is 1.36. The van der Waals surface area contributed by atoms with Crippen molar-refractivity contribution in [2.75, 3.05) is 12.8 Å². The fourth-order valence-electron chi connectivity index (χ4n) is 0.921. The van der Waals surface area contributed by atoms with Gasteiger partial charge >= 0.3 is 5.97 Å². The number of esters is 1. The molecule has 0 aliphatic rings. The van der Waals surface area contributed by atoms with Crippen molar-refractivity contribution < 1.29 is 9.53 Å². The van der Waals surface area contributed by atoms with Crippen LogP contribution in [0, 0.1) is 0 Å². The van der Waals surface area contributed by atoms with E-state index in [1.54, 1.807) is 24.3 Å². The third-order valence-corrected chi connectivity index (χ3v) is 1.59. The summed E-state index contributed by atoms with van der Waals surface area (Å²) >= 11 is 0. The number of pyridine rings is 1. The molecule has 0 amide bonds. The standard InChI is InChI=1S/C10H12N2O2/c1-14-10(13)7-3-5-8-4-2-6-9(11)12-8/h2-6H,7H2,1H3,(H2,11,12). The second-order valence-electron chi connectivity index (χ2n) is 2.67. The first kappa shape index (κ1) is 10.2. The van der Waals surface area contributed by atoms with Crippen LogP contribution < -0.4 is 5.73 Å². The first-order valence-corrected chi connectivity index (χ1v) is 4.18. The molecule has 0 aliphatic heterocycles. The second-order valence-corrected chi connectivity index (χ2v) is 2.67. The number of methoxy groups -OCH3 is 1. The minimum absolute atomic E-state index is 0.243. The molecule has 0 unspecified atom stereocenters. The summed E-state index contributed by atoms with van der Waals surface area (Å²) in [5, 5.41) is 0. The SMILES string of the molecule is COC(=O)CC=Cc1cccc(N)n1. The smallest absolute Gasteiger partial charge is 0.309 e. The van der Waals surface area contributed by atoms with Crippen LogP contribution in [0.4, 0.5) is 5.82 Å². The van der Waals surface area contributed by atoms with E-state index in [4.69, 9.17) is 5.73 Å². The Balaban J connectivity index is 2.56. The zero-order valence-corrected chi connectivity index (χ0v) is 7.93. The molecule has 4 nitrogen and oxygen atoms in total. The van der Waals surface area contributed by atoms with Crippen LogP contribution in [0.25, 0.3) is 6.08 Å². The highest BCUT2D eigenvalue weighted by atomic mass is 16.5. The maximum Gasteiger partial charge on any atom is 0.309 e. The van der Waals surface area contributed by atoms with Gasteiger partial charge in [0.05, 0.1) is 19.2 Å². The van der Waals surface area contributed by atoms with Crippen molar-refractivity contribution in [2.24, 2.45) is 0 Å². The number of aromatic nitrogens is 1. The van der Waals surface area contributed by atoms with Crippen molar-refractivity contribution in [3.05, 3.63) is 30.0 Å². The molecule has 4 heteroatoms. The van der Waals surface area contributed by atoms with Gasteiger partial charge in [0.25, 0.3) is 0 Å². The van der Waals surface area contributed by atoms with Crippen LogP contribution in [0.3, 0.4) is 0 Å². The van der Waals surface area contributed by atoms with E-state index in [0.717, 1.165) is 5.69 Å². The topological polar surface area (TPSA) is 65.2 Å². The number of carbonyl (C=O) groups excluding carboxylic acids is 1. The Morgan fingerprint density at radius 3 is 3.07 bits per heavy atom. The van der Waals surface area contributed by atoms with E-state index < -0.39 is 0 Å². The Morgan fingerprint density at radius 1 is 1.64 bits per heavy atom. The Morgan fingerprint density at radius 2 is 2.43 bits per heavy atom. The lowest BCUT2D eigenvalue weighted by molar-refractivity contribution is -0.139. The first-order valence-electron chi connectivity index (χ1n) is 4.18. The maximum atomic E-state index is 10.8. The van der Waals surface area contributed by atoms with E-state index in [0.29, 0.717) is 5.82 Å². The number of nitrogen functional groups attached to an aromatic ring is 1. The van der Waals surface area contributed by atoms with Gasteiger partial charge in [0.15, 0.2) is 0 Å². The van der Waals surface area contributed by atoms with E-state index in [1.807, 2.05) is 6.07 Å². The Labute approximate surface area is 82.4 Å². The zero-order chi connectivity index (χ0) is 10.4. The highest BCUT2D eigenvalue weighted by Crippen LogP contribution is 2.03. The van der Waals surface area contributed by atoms with E-state index in [1.165, 1.54) is 7.11 Å². The Bertz CT molecular complexity index is 348. The van der Waals surface area contributed by atoms with E-state index in [-0.39, 0.29) is 12.4 Å². The molecule has 1 aromatic heterocycles. The molecule has 1 heterocycles. The summed E-state index contributed by atoms with van der Waals surface area (Å²) in [4.78, 5) is 14.8. The first-order chi connectivity index (χ1) is 6.72. The van der Waals surface area contributed by atoms with Crippen LogP contribution >= 0.6 is 0 Å². The summed E-state index contributed by atoms with van der Waals surface area (Å²) in [6, 6.07) is 5.32. The predicted molar refractivity (Wildman–Crippen MR) is 54.3 cm³/mol. The van der Waals surface area contributed by atoms with Gasteiger partial charge in [-0.3, -0.25) is 4.79 Å². The van der Waals surface area contributed by atoms with Gasteiger partial charge in [0.2, 0.25) is 0 Å². The summed E-state index contributed by atoms with van der Waals surface area (Å²) in [5.41, 5.74) is 6.21. The number of nitrogens with two attached hydrogens (primary N) is 1. The van der Waals surface area contributed by atoms with Crippen LogP contribution in [0.5, 0.6) is 0 Å². The zero-order valence-electron chi connectivity index (χ0n) is 7.93. The molecule has 14 heavy (non-hydrogen) atoms. The highest BCUT2D eigenvalue weighted by Gasteiger charge is 1.94. The number of carbonyl (C=O) groups is 1. The largest absolute Gasteiger partial charge is 0.469 e. The maximum absolute atomic E-state index is 10.8. The quantitative estimate of drug-likeness (QED) is 0.732. The minimum Gasteiger partial charge on any atom is -0.469 e. The van der Waals surface area contributed by atoms with Crippen molar-refractivity contribution in [3.8, 4) is 0 Å². The summed E-state index contributed by atoms with van der Waals surface area (Å²) in [6.07, 6.45) is 3.66. The van der Waals surface area contributed by atoms with Crippen LogP contribution in [0.1, 0.15) is 12.1 Å². The second kappa shape index (κ2) is 5.01. The lowest BCUT2D eigenvalue weighted by Crippen LogP contribution is -1.96. The van der Waals surface area contributed by atoms with Crippen molar-refractivity contribution in [3.63, 3.8) is 0 Å². The van der Waals surface area contributed by atoms with Gasteiger partial charge in [0, 0.05) is 0 Å². The van der Waals surface area contributed by atoms with Gasteiger partial charge in [0.1, 0.15) is 5.82 Å². The van der Waals surface area contributed by atoms with Crippen molar-refractivity contribution in [1.82, 2.24) is 4.98 Å². The van der Waals surface area contributed by atoms with Crippen LogP contribution in [-0.4, -0.2) is 18.1 Å². The lowest BCUT2D eigenvalue weighted by Gasteiger charge is -1.95. The van der Waals surface area contributed by atoms with E-state index >= 15 is 0 Å². The minimum atomic E-state index is -0.273. The number of anilines is 1. The molecule has 0 saturated carbocycles. The summed E-state index contributed by atoms with van der Waals surface area (Å²) < 4.78 is 4.48. The predicted octanol–water partition coefficient (Wildman–Crippen LogP) is 1.24. The molecule has 2 N–H and O–H groups in total. The number of nitrogens with zero attached hydrogens (tertiary/aromatic N) is 1. The molecule has 0 radical (unpaired) electrons. The summed E-state index contributed by atoms with van der Waals surface area (Å²) in [5.74, 6) is 0.190. The van der Waals surface area contributed by atoms with Gasteiger partial charge in [-0.05, 0) is 18.2 Å². The molecule has 0 atom stereocenters. The fraction of sp³-hybridized carbons (Fsp3) is 0.200. The summed E-state index contributed by atoms with van der Waals surface area (Å²) in [6.45, 7) is 0. The molecular formula is C10H12N2O2. The molecule has 0 aliphatic carbocycles. The molecule has 0 bridgehead atoms. The van der Waals surface area contributed by atoms with E-state index in [9.17, 15) is 4.79 Å². The third kappa shape index (κ3) is 3.26. The Kier molecular flexibility index (Phi) is 3.67. The normalized spacial score (nSPS) is 10.4. The molecule has 1 aromatic rings. The lowest BCUT2D eigenvalue weighted by atomic mass is 10.3. The number of hydrogen-bond acceptors (Lipinski definition) is 4. The highest BCUT2D eigenvalue weighted by molar-refractivity contribution is 5.72. The van der Waals surface area contributed by atoms with Gasteiger partial charge < -0.3 is 10.5 Å². The molecule has 0 spiro atoms. The van der Waals surface area contributed by atoms with Gasteiger partial charge in [-0.25, -0.2) is 4.98 Å².